The maximum absolute atomic E-state index is 12.8. The number of fused-ring (bicyclic) bond motifs is 1. The van der Waals surface area contributed by atoms with Gasteiger partial charge in [-0.05, 0) is 30.5 Å². The Morgan fingerprint density at radius 2 is 1.75 bits per heavy atom. The molecule has 2 heterocycles. The van der Waals surface area contributed by atoms with Crippen LogP contribution in [0.4, 0.5) is 13.2 Å². The first-order valence-corrected chi connectivity index (χ1v) is 7.16. The fourth-order valence-electron chi connectivity index (χ4n) is 2.42. The third-order valence-electron chi connectivity index (χ3n) is 3.67. The van der Waals surface area contributed by atoms with E-state index in [-0.39, 0.29) is 12.4 Å². The summed E-state index contributed by atoms with van der Waals surface area (Å²) in [4.78, 5) is 0. The number of nitrogens with two attached hydrogens (primary N) is 1. The fourth-order valence-corrected chi connectivity index (χ4v) is 2.42. The van der Waals surface area contributed by atoms with Crippen LogP contribution in [0.2, 0.25) is 0 Å². The molecule has 3 aromatic rings. The molecule has 3 rings (SSSR count). The Kier molecular flexibility index (Phi) is 5.46. The van der Waals surface area contributed by atoms with Gasteiger partial charge in [0.25, 0.3) is 0 Å². The molecule has 0 amide bonds. The van der Waals surface area contributed by atoms with Crippen molar-refractivity contribution in [3.8, 4) is 0 Å². The fraction of sp³-hybridized carbons (Fsp3) is 0.250. The van der Waals surface area contributed by atoms with Gasteiger partial charge in [0.05, 0.1) is 11.6 Å². The molecule has 4 nitrogen and oxygen atoms in total. The lowest BCUT2D eigenvalue weighted by Gasteiger charge is -2.11. The van der Waals surface area contributed by atoms with E-state index in [0.717, 1.165) is 24.2 Å². The molecule has 0 aliphatic heterocycles. The lowest BCUT2D eigenvalue weighted by molar-refractivity contribution is -0.137. The highest BCUT2D eigenvalue weighted by Crippen LogP contribution is 2.29. The van der Waals surface area contributed by atoms with Crippen molar-refractivity contribution in [3.63, 3.8) is 0 Å². The Morgan fingerprint density at radius 1 is 1.04 bits per heavy atom. The molecule has 1 aromatic carbocycles. The molecule has 0 aliphatic rings. The Morgan fingerprint density at radius 3 is 2.42 bits per heavy atom. The van der Waals surface area contributed by atoms with Crippen LogP contribution in [0.25, 0.3) is 5.65 Å². The van der Waals surface area contributed by atoms with Gasteiger partial charge in [-0.3, -0.25) is 4.40 Å². The first kappa shape index (κ1) is 18.2. The minimum absolute atomic E-state index is 0. The molecule has 0 spiro atoms. The van der Waals surface area contributed by atoms with Crippen LogP contribution in [-0.2, 0) is 12.6 Å². The van der Waals surface area contributed by atoms with Gasteiger partial charge in [0, 0.05) is 6.20 Å². The maximum atomic E-state index is 12.8. The van der Waals surface area contributed by atoms with E-state index in [0.29, 0.717) is 17.9 Å². The number of hydrogen-bond acceptors (Lipinski definition) is 3. The van der Waals surface area contributed by atoms with Gasteiger partial charge in [-0.25, -0.2) is 0 Å². The first-order chi connectivity index (χ1) is 10.9. The number of rotatable bonds is 4. The highest BCUT2D eigenvalue weighted by atomic mass is 35.5. The third-order valence-corrected chi connectivity index (χ3v) is 3.67. The zero-order chi connectivity index (χ0) is 16.4. The van der Waals surface area contributed by atoms with E-state index < -0.39 is 17.8 Å². The van der Waals surface area contributed by atoms with Gasteiger partial charge >= 0.3 is 6.18 Å². The molecule has 2 N–H and O–H groups in total. The third kappa shape index (κ3) is 3.85. The number of alkyl halides is 3. The lowest BCUT2D eigenvalue weighted by Crippen LogP contribution is -2.16. The monoisotopic (exact) mass is 356 g/mol. The van der Waals surface area contributed by atoms with Crippen molar-refractivity contribution in [2.24, 2.45) is 5.73 Å². The minimum atomic E-state index is -4.41. The highest BCUT2D eigenvalue weighted by Gasteiger charge is 2.31. The number of pyridine rings is 1. The minimum Gasteiger partial charge on any atom is -0.321 e. The predicted octanol–water partition coefficient (Wildman–Crippen LogP) is 3.80. The molecular formula is C16H16ClF3N4. The molecule has 0 aliphatic carbocycles. The number of nitrogens with zero attached hydrogens (tertiary/aromatic N) is 3. The molecule has 24 heavy (non-hydrogen) atoms. The molecule has 8 heteroatoms. The average Bonchev–Trinajstić information content (AvgIpc) is 2.96. The molecule has 0 saturated carbocycles. The van der Waals surface area contributed by atoms with E-state index >= 15 is 0 Å². The summed E-state index contributed by atoms with van der Waals surface area (Å²) in [5, 5.41) is 7.83. The molecule has 0 saturated heterocycles. The number of aromatic nitrogens is 3. The average molecular weight is 357 g/mol. The van der Waals surface area contributed by atoms with Crippen molar-refractivity contribution in [1.29, 1.82) is 0 Å². The molecule has 128 valence electrons. The van der Waals surface area contributed by atoms with Gasteiger partial charge < -0.3 is 5.73 Å². The van der Waals surface area contributed by atoms with E-state index in [1.807, 2.05) is 30.3 Å². The normalized spacial score (nSPS) is 12.8. The van der Waals surface area contributed by atoms with Crippen molar-refractivity contribution in [1.82, 2.24) is 14.6 Å². The Hall–Kier alpha value is -2.12. The van der Waals surface area contributed by atoms with Gasteiger partial charge in [-0.2, -0.15) is 13.2 Å². The molecule has 0 bridgehead atoms. The highest BCUT2D eigenvalue weighted by molar-refractivity contribution is 5.85. The topological polar surface area (TPSA) is 56.2 Å². The summed E-state index contributed by atoms with van der Waals surface area (Å²) in [5.74, 6) is 0.335. The van der Waals surface area contributed by atoms with Crippen LogP contribution in [0, 0.1) is 0 Å². The molecule has 2 aromatic heterocycles. The largest absolute Gasteiger partial charge is 0.417 e. The Labute approximate surface area is 142 Å². The molecular weight excluding hydrogens is 341 g/mol. The van der Waals surface area contributed by atoms with E-state index in [4.69, 9.17) is 5.73 Å². The number of hydrogen-bond donors (Lipinski definition) is 1. The summed E-state index contributed by atoms with van der Waals surface area (Å²) in [6, 6.07) is 11.5. The van der Waals surface area contributed by atoms with E-state index in [9.17, 15) is 13.2 Å². The second kappa shape index (κ2) is 7.19. The van der Waals surface area contributed by atoms with Crippen molar-refractivity contribution in [2.75, 3.05) is 0 Å². The van der Waals surface area contributed by atoms with Crippen LogP contribution in [0.5, 0.6) is 0 Å². The number of halogens is 4. The Bertz CT molecular complexity index is 802. The smallest absolute Gasteiger partial charge is 0.321 e. The predicted molar refractivity (Wildman–Crippen MR) is 86.9 cm³/mol. The second-order valence-electron chi connectivity index (χ2n) is 5.33. The van der Waals surface area contributed by atoms with Gasteiger partial charge in [-0.15, -0.1) is 22.6 Å². The molecule has 0 radical (unpaired) electrons. The van der Waals surface area contributed by atoms with Crippen molar-refractivity contribution in [3.05, 3.63) is 65.6 Å². The van der Waals surface area contributed by atoms with Crippen LogP contribution in [-0.4, -0.2) is 14.6 Å². The van der Waals surface area contributed by atoms with Crippen molar-refractivity contribution >= 4 is 18.1 Å². The summed E-state index contributed by atoms with van der Waals surface area (Å²) in [5.41, 5.74) is 6.83. The summed E-state index contributed by atoms with van der Waals surface area (Å²) in [6.07, 6.45) is -2.13. The van der Waals surface area contributed by atoms with E-state index in [1.165, 1.54) is 10.5 Å². The standard InChI is InChI=1S/C16H15F3N4.ClH/c17-16(18,19)12-7-9-14-21-22-15(23(14)10-12)13(20)8-6-11-4-2-1-3-5-11;/h1-5,7,9-10,13H,6,8,20H2;1H. The summed E-state index contributed by atoms with van der Waals surface area (Å²) in [7, 11) is 0. The lowest BCUT2D eigenvalue weighted by atomic mass is 10.1. The second-order valence-corrected chi connectivity index (χ2v) is 5.33. The van der Waals surface area contributed by atoms with Gasteiger partial charge in [-0.1, -0.05) is 30.3 Å². The van der Waals surface area contributed by atoms with Crippen molar-refractivity contribution in [2.45, 2.75) is 25.1 Å². The summed E-state index contributed by atoms with van der Waals surface area (Å²) in [6.45, 7) is 0. The maximum Gasteiger partial charge on any atom is 0.417 e. The number of aryl methyl sites for hydroxylation is 1. The SMILES string of the molecule is Cl.NC(CCc1ccccc1)c1nnc2ccc(C(F)(F)F)cn12. The molecule has 1 unspecified atom stereocenters. The summed E-state index contributed by atoms with van der Waals surface area (Å²) >= 11 is 0. The van der Waals surface area contributed by atoms with Crippen LogP contribution >= 0.6 is 12.4 Å². The summed E-state index contributed by atoms with van der Waals surface area (Å²) < 4.78 is 39.8. The van der Waals surface area contributed by atoms with E-state index in [1.54, 1.807) is 0 Å². The van der Waals surface area contributed by atoms with Crippen LogP contribution in [0.3, 0.4) is 0 Å². The van der Waals surface area contributed by atoms with Crippen molar-refractivity contribution < 1.29 is 13.2 Å². The quantitative estimate of drug-likeness (QED) is 0.773. The van der Waals surface area contributed by atoms with E-state index in [2.05, 4.69) is 10.2 Å². The van der Waals surface area contributed by atoms with Crippen LogP contribution in [0.1, 0.15) is 29.4 Å². The number of benzene rings is 1. The zero-order valence-corrected chi connectivity index (χ0v) is 13.4. The van der Waals surface area contributed by atoms with Gasteiger partial charge in [0.2, 0.25) is 0 Å². The first-order valence-electron chi connectivity index (χ1n) is 7.16. The molecule has 1 atom stereocenters. The Balaban J connectivity index is 0.00000208. The van der Waals surface area contributed by atoms with Crippen LogP contribution < -0.4 is 5.73 Å². The van der Waals surface area contributed by atoms with Crippen LogP contribution in [0.15, 0.2) is 48.7 Å². The van der Waals surface area contributed by atoms with Gasteiger partial charge in [0.15, 0.2) is 11.5 Å². The molecule has 0 fully saturated rings. The van der Waals surface area contributed by atoms with Gasteiger partial charge in [0.1, 0.15) is 0 Å². The zero-order valence-electron chi connectivity index (χ0n) is 12.6.